The fraction of sp³-hybridized carbons (Fsp3) is 0.364. The van der Waals surface area contributed by atoms with Crippen molar-refractivity contribution < 1.29 is 9.90 Å². The summed E-state index contributed by atoms with van der Waals surface area (Å²) in [6, 6.07) is 1.54. The van der Waals surface area contributed by atoms with Gasteiger partial charge in [0.1, 0.15) is 5.01 Å². The summed E-state index contributed by atoms with van der Waals surface area (Å²) in [6.07, 6.45) is 0. The minimum atomic E-state index is -0.676. The number of aliphatic hydroxyl groups excluding tert-OH is 1. The molecule has 0 saturated heterocycles. The second-order valence-electron chi connectivity index (χ2n) is 4.55. The molecule has 2 heterocycles. The fourth-order valence-electron chi connectivity index (χ4n) is 1.25. The molecule has 0 aliphatic carbocycles. The Kier molecular flexibility index (Phi) is 4.13. The van der Waals surface area contributed by atoms with Crippen LogP contribution in [0.3, 0.4) is 0 Å². The summed E-state index contributed by atoms with van der Waals surface area (Å²) in [5, 5.41) is 27.3. The minimum absolute atomic E-state index is 0.142. The van der Waals surface area contributed by atoms with E-state index in [4.69, 9.17) is 5.11 Å². The van der Waals surface area contributed by atoms with Crippen LogP contribution in [0.1, 0.15) is 13.8 Å². The van der Waals surface area contributed by atoms with E-state index < -0.39 is 11.6 Å². The number of carbonyl (C=O) groups is 1. The largest absolute Gasteiger partial charge is 0.394 e. The molecule has 0 bridgehead atoms. The molecule has 8 heteroatoms. The number of amides is 2. The first-order valence-electron chi connectivity index (χ1n) is 5.56. The van der Waals surface area contributed by atoms with Gasteiger partial charge < -0.3 is 10.4 Å². The van der Waals surface area contributed by atoms with Crippen LogP contribution in [0.2, 0.25) is 0 Å². The molecular formula is C11H14N4O2S2. The molecule has 19 heavy (non-hydrogen) atoms. The number of thiophene rings is 1. The van der Waals surface area contributed by atoms with Gasteiger partial charge in [-0.1, -0.05) is 11.3 Å². The van der Waals surface area contributed by atoms with Crippen LogP contribution in [0.25, 0.3) is 10.6 Å². The van der Waals surface area contributed by atoms with Gasteiger partial charge in [0.25, 0.3) is 0 Å². The number of aromatic nitrogens is 2. The highest BCUT2D eigenvalue weighted by Crippen LogP contribution is 2.27. The van der Waals surface area contributed by atoms with Gasteiger partial charge in [-0.15, -0.1) is 10.2 Å². The summed E-state index contributed by atoms with van der Waals surface area (Å²) in [5.74, 6) is 0. The number of urea groups is 1. The molecular weight excluding hydrogens is 284 g/mol. The molecule has 0 atom stereocenters. The number of nitrogens with zero attached hydrogens (tertiary/aromatic N) is 2. The Morgan fingerprint density at radius 1 is 1.47 bits per heavy atom. The van der Waals surface area contributed by atoms with Crippen molar-refractivity contribution in [2.45, 2.75) is 19.4 Å². The average Bonchev–Trinajstić information content (AvgIpc) is 2.97. The van der Waals surface area contributed by atoms with Crippen LogP contribution in [0, 0.1) is 0 Å². The summed E-state index contributed by atoms with van der Waals surface area (Å²) >= 11 is 2.88. The van der Waals surface area contributed by atoms with Gasteiger partial charge in [-0.3, -0.25) is 5.32 Å². The van der Waals surface area contributed by atoms with Crippen molar-refractivity contribution in [1.29, 1.82) is 0 Å². The fourth-order valence-corrected chi connectivity index (χ4v) is 2.70. The van der Waals surface area contributed by atoms with Gasteiger partial charge in [-0.2, -0.15) is 11.3 Å². The third-order valence-corrected chi connectivity index (χ3v) is 3.83. The van der Waals surface area contributed by atoms with E-state index in [1.807, 2.05) is 16.8 Å². The smallest absolute Gasteiger partial charge is 0.321 e. The molecule has 2 amide bonds. The van der Waals surface area contributed by atoms with E-state index in [1.165, 1.54) is 11.3 Å². The summed E-state index contributed by atoms with van der Waals surface area (Å²) in [4.78, 5) is 11.7. The average molecular weight is 298 g/mol. The van der Waals surface area contributed by atoms with E-state index in [0.29, 0.717) is 5.13 Å². The monoisotopic (exact) mass is 298 g/mol. The second-order valence-corrected chi connectivity index (χ2v) is 6.30. The van der Waals surface area contributed by atoms with E-state index in [9.17, 15) is 4.79 Å². The predicted molar refractivity (Wildman–Crippen MR) is 76.5 cm³/mol. The van der Waals surface area contributed by atoms with Crippen molar-refractivity contribution in [3.8, 4) is 10.6 Å². The molecule has 0 fully saturated rings. The highest BCUT2D eigenvalue weighted by atomic mass is 32.1. The molecule has 0 aliphatic heterocycles. The molecule has 0 saturated carbocycles. The van der Waals surface area contributed by atoms with Gasteiger partial charge in [0.15, 0.2) is 0 Å². The van der Waals surface area contributed by atoms with Gasteiger partial charge in [-0.25, -0.2) is 4.79 Å². The van der Waals surface area contributed by atoms with Crippen LogP contribution in [0.5, 0.6) is 0 Å². The number of anilines is 1. The third-order valence-electron chi connectivity index (χ3n) is 2.26. The van der Waals surface area contributed by atoms with Crippen LogP contribution in [-0.4, -0.2) is 33.5 Å². The molecule has 0 radical (unpaired) electrons. The normalized spacial score (nSPS) is 11.3. The summed E-state index contributed by atoms with van der Waals surface area (Å²) in [7, 11) is 0. The molecule has 2 aromatic heterocycles. The lowest BCUT2D eigenvalue weighted by Crippen LogP contribution is -2.48. The highest BCUT2D eigenvalue weighted by molar-refractivity contribution is 7.19. The Bertz CT molecular complexity index is 551. The number of rotatable bonds is 4. The van der Waals surface area contributed by atoms with Gasteiger partial charge in [0, 0.05) is 10.9 Å². The molecule has 2 rings (SSSR count). The van der Waals surface area contributed by atoms with Crippen molar-refractivity contribution >= 4 is 33.8 Å². The van der Waals surface area contributed by atoms with E-state index in [2.05, 4.69) is 20.8 Å². The van der Waals surface area contributed by atoms with E-state index in [1.54, 1.807) is 25.2 Å². The summed E-state index contributed by atoms with van der Waals surface area (Å²) in [6.45, 7) is 3.31. The van der Waals surface area contributed by atoms with Crippen molar-refractivity contribution in [2.24, 2.45) is 0 Å². The molecule has 0 spiro atoms. The van der Waals surface area contributed by atoms with E-state index in [0.717, 1.165) is 10.6 Å². The van der Waals surface area contributed by atoms with Crippen LogP contribution in [0.4, 0.5) is 9.93 Å². The van der Waals surface area contributed by atoms with Crippen molar-refractivity contribution in [1.82, 2.24) is 15.5 Å². The van der Waals surface area contributed by atoms with E-state index >= 15 is 0 Å². The second kappa shape index (κ2) is 5.64. The highest BCUT2D eigenvalue weighted by Gasteiger charge is 2.19. The van der Waals surface area contributed by atoms with Crippen LogP contribution < -0.4 is 10.6 Å². The Hall–Kier alpha value is -1.51. The third kappa shape index (κ3) is 3.72. The first-order valence-corrected chi connectivity index (χ1v) is 7.32. The molecule has 0 aliphatic rings. The number of carbonyl (C=O) groups excluding carboxylic acids is 1. The van der Waals surface area contributed by atoms with Gasteiger partial charge in [0.05, 0.1) is 12.1 Å². The maximum Gasteiger partial charge on any atom is 0.321 e. The SMILES string of the molecule is CC(C)(CO)NC(=O)Nc1nnc(-c2ccsc2)s1. The standard InChI is InChI=1S/C11H14N4O2S2/c1-11(2,6-16)13-9(17)12-10-15-14-8(19-10)7-3-4-18-5-7/h3-5,16H,6H2,1-2H3,(H2,12,13,15,17). The van der Waals surface area contributed by atoms with Gasteiger partial charge >= 0.3 is 6.03 Å². The molecule has 0 unspecified atom stereocenters. The first-order chi connectivity index (χ1) is 9.00. The van der Waals surface area contributed by atoms with Crippen LogP contribution in [-0.2, 0) is 0 Å². The quantitative estimate of drug-likeness (QED) is 0.807. The number of aliphatic hydroxyl groups is 1. The number of nitrogens with one attached hydrogen (secondary N) is 2. The lowest BCUT2D eigenvalue weighted by Gasteiger charge is -2.22. The minimum Gasteiger partial charge on any atom is -0.394 e. The zero-order valence-electron chi connectivity index (χ0n) is 10.5. The topological polar surface area (TPSA) is 87.1 Å². The molecule has 102 valence electrons. The van der Waals surface area contributed by atoms with Gasteiger partial charge in [0.2, 0.25) is 5.13 Å². The zero-order valence-corrected chi connectivity index (χ0v) is 12.1. The molecule has 6 nitrogen and oxygen atoms in total. The van der Waals surface area contributed by atoms with Crippen LogP contribution >= 0.6 is 22.7 Å². The van der Waals surface area contributed by atoms with Gasteiger partial charge in [-0.05, 0) is 25.3 Å². The number of hydrogen-bond donors (Lipinski definition) is 3. The van der Waals surface area contributed by atoms with Crippen LogP contribution in [0.15, 0.2) is 16.8 Å². The zero-order chi connectivity index (χ0) is 13.9. The van der Waals surface area contributed by atoms with Crippen molar-refractivity contribution in [2.75, 3.05) is 11.9 Å². The first kappa shape index (κ1) is 13.9. The van der Waals surface area contributed by atoms with Crippen molar-refractivity contribution in [3.05, 3.63) is 16.8 Å². The lowest BCUT2D eigenvalue weighted by atomic mass is 10.1. The summed E-state index contributed by atoms with van der Waals surface area (Å²) < 4.78 is 0. The van der Waals surface area contributed by atoms with E-state index in [-0.39, 0.29) is 6.61 Å². The molecule has 2 aromatic rings. The predicted octanol–water partition coefficient (Wildman–Crippen LogP) is 2.16. The maximum atomic E-state index is 11.7. The maximum absolute atomic E-state index is 11.7. The molecule has 0 aromatic carbocycles. The molecule has 3 N–H and O–H groups in total. The Balaban J connectivity index is 1.99. The van der Waals surface area contributed by atoms with Crippen molar-refractivity contribution in [3.63, 3.8) is 0 Å². The Labute approximate surface area is 118 Å². The summed E-state index contributed by atoms with van der Waals surface area (Å²) in [5.41, 5.74) is 0.317. The number of hydrogen-bond acceptors (Lipinski definition) is 6. The Morgan fingerprint density at radius 2 is 2.26 bits per heavy atom. The lowest BCUT2D eigenvalue weighted by molar-refractivity contribution is 0.187. The Morgan fingerprint density at radius 3 is 2.89 bits per heavy atom.